The van der Waals surface area contributed by atoms with Gasteiger partial charge in [-0.2, -0.15) is 5.10 Å². The average Bonchev–Trinajstić information content (AvgIpc) is 3.46. The number of piperazine rings is 1. The van der Waals surface area contributed by atoms with Gasteiger partial charge < -0.3 is 9.64 Å². The molecule has 11 heteroatoms. The van der Waals surface area contributed by atoms with E-state index in [4.69, 9.17) is 19.7 Å². The molecular formula is C21H24N8OS2. The molecule has 3 aromatic heterocycles. The summed E-state index contributed by atoms with van der Waals surface area (Å²) < 4.78 is 8.70. The van der Waals surface area contributed by atoms with Gasteiger partial charge in [-0.05, 0) is 18.2 Å². The summed E-state index contributed by atoms with van der Waals surface area (Å²) in [6.45, 7) is 7.83. The summed E-state index contributed by atoms with van der Waals surface area (Å²) in [5.41, 5.74) is 2.74. The van der Waals surface area contributed by atoms with Crippen LogP contribution in [-0.2, 0) is 11.3 Å². The van der Waals surface area contributed by atoms with Crippen LogP contribution in [0.4, 0.5) is 5.82 Å². The number of hydrogen-bond donors (Lipinski definition) is 2. The third kappa shape index (κ3) is 3.95. The Morgan fingerprint density at radius 2 is 1.88 bits per heavy atom. The van der Waals surface area contributed by atoms with E-state index >= 15 is 0 Å². The van der Waals surface area contributed by atoms with Gasteiger partial charge in [-0.25, -0.2) is 15.0 Å². The molecule has 2 aliphatic heterocycles. The van der Waals surface area contributed by atoms with Crippen molar-refractivity contribution in [3.63, 3.8) is 0 Å². The van der Waals surface area contributed by atoms with Crippen molar-refractivity contribution in [2.75, 3.05) is 57.4 Å². The number of aromatic amines is 1. The van der Waals surface area contributed by atoms with Crippen LogP contribution in [0.5, 0.6) is 0 Å². The molecule has 0 bridgehead atoms. The predicted molar refractivity (Wildman–Crippen MR) is 129 cm³/mol. The Kier molecular flexibility index (Phi) is 5.43. The first-order valence-corrected chi connectivity index (χ1v) is 12.0. The minimum absolute atomic E-state index is 0.697. The number of rotatable bonds is 4. The van der Waals surface area contributed by atoms with Gasteiger partial charge in [-0.15, -0.1) is 11.3 Å². The van der Waals surface area contributed by atoms with Crippen molar-refractivity contribution in [2.24, 2.45) is 0 Å². The Hall–Kier alpha value is -2.31. The van der Waals surface area contributed by atoms with E-state index in [1.807, 2.05) is 18.3 Å². The van der Waals surface area contributed by atoms with Crippen molar-refractivity contribution in [3.05, 3.63) is 29.4 Å². The van der Waals surface area contributed by atoms with Crippen LogP contribution in [-0.4, -0.2) is 86.8 Å². The normalized spacial score (nSPS) is 18.7. The molecular weight excluding hydrogens is 444 g/mol. The van der Waals surface area contributed by atoms with E-state index in [-0.39, 0.29) is 0 Å². The highest BCUT2D eigenvalue weighted by Gasteiger charge is 2.22. The Balaban J connectivity index is 1.40. The van der Waals surface area contributed by atoms with E-state index in [9.17, 15) is 0 Å². The average molecular weight is 469 g/mol. The lowest BCUT2D eigenvalue weighted by atomic mass is 10.1. The Morgan fingerprint density at radius 1 is 1.03 bits per heavy atom. The summed E-state index contributed by atoms with van der Waals surface area (Å²) in [6.07, 6.45) is 1.83. The number of ether oxygens (including phenoxy) is 1. The smallest absolute Gasteiger partial charge is 0.176 e. The Labute approximate surface area is 195 Å². The number of thiol groups is 1. The largest absolute Gasteiger partial charge is 0.378 e. The summed E-state index contributed by atoms with van der Waals surface area (Å²) in [5.74, 6) is 1.66. The second-order valence-electron chi connectivity index (χ2n) is 8.13. The first kappa shape index (κ1) is 20.3. The van der Waals surface area contributed by atoms with Crippen molar-refractivity contribution in [3.8, 4) is 11.4 Å². The molecule has 6 rings (SSSR count). The third-order valence-corrected chi connectivity index (χ3v) is 7.42. The zero-order valence-corrected chi connectivity index (χ0v) is 19.3. The van der Waals surface area contributed by atoms with E-state index in [0.717, 1.165) is 83.5 Å². The fourth-order valence-corrected chi connectivity index (χ4v) is 5.45. The molecule has 2 aliphatic rings. The highest BCUT2D eigenvalue weighted by atomic mass is 32.1. The van der Waals surface area contributed by atoms with Gasteiger partial charge in [-0.3, -0.25) is 14.3 Å². The number of thiazole rings is 1. The summed E-state index contributed by atoms with van der Waals surface area (Å²) in [4.78, 5) is 19.6. The van der Waals surface area contributed by atoms with Crippen LogP contribution < -0.4 is 4.90 Å². The van der Waals surface area contributed by atoms with Crippen LogP contribution in [0, 0.1) is 0 Å². The molecule has 1 N–H and O–H groups in total. The maximum Gasteiger partial charge on any atom is 0.176 e. The number of anilines is 1. The van der Waals surface area contributed by atoms with Crippen molar-refractivity contribution < 1.29 is 4.74 Å². The van der Waals surface area contributed by atoms with Crippen LogP contribution in [0.1, 0.15) is 5.01 Å². The molecule has 2 saturated heterocycles. The second-order valence-corrected chi connectivity index (χ2v) is 9.78. The van der Waals surface area contributed by atoms with Gasteiger partial charge in [0.1, 0.15) is 9.71 Å². The predicted octanol–water partition coefficient (Wildman–Crippen LogP) is 2.43. The molecule has 0 unspecified atom stereocenters. The van der Waals surface area contributed by atoms with Crippen LogP contribution in [0.15, 0.2) is 24.4 Å². The quantitative estimate of drug-likeness (QED) is 0.442. The summed E-state index contributed by atoms with van der Waals surface area (Å²) in [7, 11) is 0. The summed E-state index contributed by atoms with van der Waals surface area (Å²) >= 11 is 6.17. The number of fused-ring (bicyclic) bond motifs is 2. The standard InChI is InChI=1S/C21H24N8OS2/c31-29-5-3-27(4-6-29)13-17-23-20-18(32-17)21(28-7-9-30-10-8-28)25-19(24-20)14-1-2-16-15(11-14)12-22-26-16/h1-2,11-12,31H,3-10,13H2,(H,22,26). The minimum Gasteiger partial charge on any atom is -0.378 e. The van der Waals surface area contributed by atoms with Gasteiger partial charge in [0.15, 0.2) is 17.3 Å². The number of H-pyrrole nitrogens is 1. The molecule has 9 nitrogen and oxygen atoms in total. The molecule has 32 heavy (non-hydrogen) atoms. The van der Waals surface area contributed by atoms with E-state index in [1.165, 1.54) is 0 Å². The molecule has 0 spiro atoms. The zero-order valence-electron chi connectivity index (χ0n) is 17.6. The Bertz CT molecular complexity index is 1240. The Morgan fingerprint density at radius 3 is 2.72 bits per heavy atom. The monoisotopic (exact) mass is 468 g/mol. The van der Waals surface area contributed by atoms with Crippen molar-refractivity contribution >= 4 is 51.2 Å². The topological polar surface area (TPSA) is 86.3 Å². The van der Waals surface area contributed by atoms with E-state index in [1.54, 1.807) is 11.3 Å². The zero-order chi connectivity index (χ0) is 21.5. The fourth-order valence-electron chi connectivity index (χ4n) is 4.21. The fraction of sp³-hybridized carbons (Fsp3) is 0.429. The molecule has 5 heterocycles. The minimum atomic E-state index is 0.697. The number of benzene rings is 1. The molecule has 0 aliphatic carbocycles. The van der Waals surface area contributed by atoms with Gasteiger partial charge in [0, 0.05) is 50.2 Å². The second kappa shape index (κ2) is 8.56. The van der Waals surface area contributed by atoms with Gasteiger partial charge >= 0.3 is 0 Å². The van der Waals surface area contributed by atoms with Gasteiger partial charge in [0.25, 0.3) is 0 Å². The number of hydrogen-bond acceptors (Lipinski definition) is 10. The number of aromatic nitrogens is 5. The maximum atomic E-state index is 5.58. The highest BCUT2D eigenvalue weighted by Crippen LogP contribution is 2.33. The highest BCUT2D eigenvalue weighted by molar-refractivity contribution is 7.77. The first-order valence-electron chi connectivity index (χ1n) is 10.8. The lowest BCUT2D eigenvalue weighted by Crippen LogP contribution is -2.41. The molecule has 0 radical (unpaired) electrons. The molecule has 2 fully saturated rings. The summed E-state index contributed by atoms with van der Waals surface area (Å²) in [6, 6.07) is 6.13. The van der Waals surface area contributed by atoms with E-state index in [0.29, 0.717) is 19.0 Å². The number of nitrogens with one attached hydrogen (secondary N) is 1. The summed E-state index contributed by atoms with van der Waals surface area (Å²) in [5, 5.41) is 9.25. The molecule has 166 valence electrons. The lowest BCUT2D eigenvalue weighted by Gasteiger charge is -2.30. The molecule has 1 aromatic carbocycles. The molecule has 0 atom stereocenters. The molecule has 0 amide bonds. The molecule has 0 saturated carbocycles. The van der Waals surface area contributed by atoms with Crippen molar-refractivity contribution in [2.45, 2.75) is 6.54 Å². The van der Waals surface area contributed by atoms with Crippen molar-refractivity contribution in [1.29, 1.82) is 0 Å². The van der Waals surface area contributed by atoms with E-state index < -0.39 is 0 Å². The maximum absolute atomic E-state index is 5.58. The SMILES string of the molecule is SN1CCN(Cc2nc3nc(-c4ccc5[nH]ncc5c4)nc(N4CCOCC4)c3s2)CC1. The number of nitrogens with zero attached hydrogens (tertiary/aromatic N) is 7. The van der Waals surface area contributed by atoms with Crippen LogP contribution in [0.2, 0.25) is 0 Å². The van der Waals surface area contributed by atoms with Gasteiger partial charge in [-0.1, -0.05) is 12.8 Å². The van der Waals surface area contributed by atoms with Gasteiger partial charge in [0.2, 0.25) is 0 Å². The third-order valence-electron chi connectivity index (χ3n) is 6.00. The van der Waals surface area contributed by atoms with Crippen LogP contribution >= 0.6 is 24.2 Å². The van der Waals surface area contributed by atoms with Crippen LogP contribution in [0.25, 0.3) is 32.6 Å². The van der Waals surface area contributed by atoms with E-state index in [2.05, 4.69) is 43.2 Å². The number of morpholine rings is 1. The molecule has 4 aromatic rings. The lowest BCUT2D eigenvalue weighted by molar-refractivity contribution is 0.122. The van der Waals surface area contributed by atoms with Crippen LogP contribution in [0.3, 0.4) is 0 Å². The van der Waals surface area contributed by atoms with Gasteiger partial charge in [0.05, 0.1) is 31.5 Å². The first-order chi connectivity index (χ1) is 15.7. The van der Waals surface area contributed by atoms with Crippen molar-refractivity contribution in [1.82, 2.24) is 34.4 Å².